The van der Waals surface area contributed by atoms with Crippen LogP contribution in [0, 0.1) is 55.2 Å². The lowest BCUT2D eigenvalue weighted by molar-refractivity contribution is -0.394. The number of hydrogen-bond donors (Lipinski definition) is 0. The van der Waals surface area contributed by atoms with E-state index in [0.29, 0.717) is 48.9 Å². The summed E-state index contributed by atoms with van der Waals surface area (Å²) >= 11 is 0. The number of nitrogens with zero attached hydrogens (tertiary/aromatic N) is 2. The lowest BCUT2D eigenvalue weighted by Crippen LogP contribution is -2.35. The second kappa shape index (κ2) is 13.4. The van der Waals surface area contributed by atoms with E-state index in [4.69, 9.17) is 4.74 Å². The van der Waals surface area contributed by atoms with Crippen LogP contribution in [0.1, 0.15) is 96.3 Å². The normalized spacial score (nSPS) is 29.2. The van der Waals surface area contributed by atoms with Crippen molar-refractivity contribution in [3.8, 4) is 0 Å². The fourth-order valence-electron chi connectivity index (χ4n) is 7.47. The van der Waals surface area contributed by atoms with Crippen LogP contribution < -0.4 is 0 Å². The number of esters is 1. The maximum absolute atomic E-state index is 12.9. The molecule has 0 heterocycles. The highest BCUT2D eigenvalue weighted by molar-refractivity contribution is 5.91. The highest BCUT2D eigenvalue weighted by atomic mass is 16.6. The van der Waals surface area contributed by atoms with E-state index in [1.165, 1.54) is 31.3 Å². The maximum Gasteiger partial charge on any atom is 0.338 e. The first-order valence-corrected chi connectivity index (χ1v) is 15.7. The zero-order valence-electron chi connectivity index (χ0n) is 26.2. The second-order valence-corrected chi connectivity index (χ2v) is 13.5. The summed E-state index contributed by atoms with van der Waals surface area (Å²) in [6.45, 7) is 16.0. The molecule has 43 heavy (non-hydrogen) atoms. The van der Waals surface area contributed by atoms with E-state index in [1.54, 1.807) is 0 Å². The SMILES string of the molecule is C=C1CC[C@H](OC(=O)c2cc([N+](=O)[O-])cc([N+](=O)[O-])c2)C/C1=C/C=C1\CCC[C@]2(C)[C@@H]1CC[C@@H]2[C@@H](C)/C=C/[C@H](C)C(C)C. The first-order chi connectivity index (χ1) is 20.3. The molecule has 0 unspecified atom stereocenters. The summed E-state index contributed by atoms with van der Waals surface area (Å²) in [5.74, 6) is 2.21. The van der Waals surface area contributed by atoms with Gasteiger partial charge in [0, 0.05) is 18.6 Å². The van der Waals surface area contributed by atoms with E-state index in [9.17, 15) is 25.0 Å². The molecule has 4 rings (SSSR count). The monoisotopic (exact) mass is 590 g/mol. The number of allylic oxidation sites excluding steroid dienone is 6. The van der Waals surface area contributed by atoms with Crippen molar-refractivity contribution in [3.05, 3.63) is 91.6 Å². The summed E-state index contributed by atoms with van der Waals surface area (Å²) in [5, 5.41) is 22.5. The van der Waals surface area contributed by atoms with E-state index < -0.39 is 33.3 Å². The lowest BCUT2D eigenvalue weighted by atomic mass is 9.61. The Bertz CT molecular complexity index is 1330. The topological polar surface area (TPSA) is 113 Å². The predicted molar refractivity (Wildman–Crippen MR) is 169 cm³/mol. The van der Waals surface area contributed by atoms with Crippen molar-refractivity contribution in [1.82, 2.24) is 0 Å². The molecule has 3 fully saturated rings. The van der Waals surface area contributed by atoms with Crippen LogP contribution >= 0.6 is 0 Å². The number of ether oxygens (including phenoxy) is 1. The molecule has 0 spiro atoms. The van der Waals surface area contributed by atoms with Gasteiger partial charge in [-0.25, -0.2) is 4.79 Å². The first kappa shape index (κ1) is 32.4. The molecule has 0 N–H and O–H groups in total. The fourth-order valence-corrected chi connectivity index (χ4v) is 7.47. The van der Waals surface area contributed by atoms with Crippen LogP contribution in [0.5, 0.6) is 0 Å². The van der Waals surface area contributed by atoms with E-state index in [-0.39, 0.29) is 11.0 Å². The smallest absolute Gasteiger partial charge is 0.338 e. The minimum atomic E-state index is -0.798. The Morgan fingerprint density at radius 1 is 1.00 bits per heavy atom. The van der Waals surface area contributed by atoms with Crippen molar-refractivity contribution >= 4 is 17.3 Å². The molecule has 1 aromatic carbocycles. The summed E-state index contributed by atoms with van der Waals surface area (Å²) < 4.78 is 5.70. The zero-order chi connectivity index (χ0) is 31.5. The van der Waals surface area contributed by atoms with E-state index in [0.717, 1.165) is 35.8 Å². The highest BCUT2D eigenvalue weighted by Gasteiger charge is 2.50. The Morgan fingerprint density at radius 3 is 2.30 bits per heavy atom. The van der Waals surface area contributed by atoms with Crippen molar-refractivity contribution in [1.29, 1.82) is 0 Å². The Morgan fingerprint density at radius 2 is 1.67 bits per heavy atom. The molecule has 232 valence electrons. The average Bonchev–Trinajstić information content (AvgIpc) is 3.33. The second-order valence-electron chi connectivity index (χ2n) is 13.5. The molecular formula is C35H46N2O6. The molecule has 6 atom stereocenters. The number of nitro benzene ring substituents is 2. The van der Waals surface area contributed by atoms with Crippen LogP contribution in [0.3, 0.4) is 0 Å². The van der Waals surface area contributed by atoms with Crippen molar-refractivity contribution in [2.24, 2.45) is 35.0 Å². The molecule has 0 saturated heterocycles. The molecule has 8 heteroatoms. The number of non-ortho nitro benzene ring substituents is 2. The number of nitro groups is 2. The van der Waals surface area contributed by atoms with Crippen molar-refractivity contribution in [2.75, 3.05) is 0 Å². The average molecular weight is 591 g/mol. The number of carbonyl (C=O) groups is 1. The standard InChI is InChI=1S/C35H46N2O6/c1-22(2)23(3)9-10-25(5)32-15-16-33-26(8-7-17-35(32,33)6)12-13-27-20-31(14-11-24(27)4)43-34(38)28-18-29(36(39)40)21-30(19-28)37(41)42/h9-10,12-13,18-19,21-23,25,31-33H,4,7-8,11,14-17,20H2,1-3,5-6H3/b10-9+,26-12+,27-13-/t23-,25-,31-,32+,33+,35-/m0/s1. The van der Waals surface area contributed by atoms with Gasteiger partial charge in [0.15, 0.2) is 0 Å². The fraction of sp³-hybridized carbons (Fsp3) is 0.571. The summed E-state index contributed by atoms with van der Waals surface area (Å²) in [5.41, 5.74) is 2.63. The lowest BCUT2D eigenvalue weighted by Gasteiger charge is -2.44. The van der Waals surface area contributed by atoms with E-state index in [2.05, 4.69) is 65.5 Å². The summed E-state index contributed by atoms with van der Waals surface area (Å²) in [4.78, 5) is 33.9. The largest absolute Gasteiger partial charge is 0.458 e. The maximum atomic E-state index is 12.9. The van der Waals surface area contributed by atoms with Crippen molar-refractivity contribution in [2.45, 2.75) is 92.1 Å². The third-order valence-corrected chi connectivity index (χ3v) is 10.4. The van der Waals surface area contributed by atoms with Crippen LogP contribution in [-0.4, -0.2) is 21.9 Å². The summed E-state index contributed by atoms with van der Waals surface area (Å²) in [6.07, 6.45) is 16.6. The molecule has 0 radical (unpaired) electrons. The van der Waals surface area contributed by atoms with Gasteiger partial charge in [0.05, 0.1) is 21.5 Å². The van der Waals surface area contributed by atoms with Gasteiger partial charge in [0.2, 0.25) is 0 Å². The summed E-state index contributed by atoms with van der Waals surface area (Å²) in [7, 11) is 0. The molecule has 0 aromatic heterocycles. The molecule has 1 aromatic rings. The third-order valence-electron chi connectivity index (χ3n) is 10.4. The van der Waals surface area contributed by atoms with Crippen molar-refractivity contribution in [3.63, 3.8) is 0 Å². The Balaban J connectivity index is 1.47. The highest BCUT2D eigenvalue weighted by Crippen LogP contribution is 2.59. The molecule has 8 nitrogen and oxygen atoms in total. The number of benzene rings is 1. The van der Waals surface area contributed by atoms with E-state index in [1.807, 2.05) is 0 Å². The molecule has 0 amide bonds. The van der Waals surface area contributed by atoms with Crippen LogP contribution in [-0.2, 0) is 4.74 Å². The molecule has 0 bridgehead atoms. The Hall–Kier alpha value is -3.55. The van der Waals surface area contributed by atoms with Gasteiger partial charge in [-0.05, 0) is 85.5 Å². The predicted octanol–water partition coefficient (Wildman–Crippen LogP) is 9.32. The Kier molecular flexibility index (Phi) is 10.1. The first-order valence-electron chi connectivity index (χ1n) is 15.7. The number of carbonyl (C=O) groups excluding carboxylic acids is 1. The third kappa shape index (κ3) is 7.34. The number of hydrogen-bond acceptors (Lipinski definition) is 6. The zero-order valence-corrected chi connectivity index (χ0v) is 26.2. The quantitative estimate of drug-likeness (QED) is 0.123. The van der Waals surface area contributed by atoms with Crippen LogP contribution in [0.4, 0.5) is 11.4 Å². The van der Waals surface area contributed by atoms with Crippen LogP contribution in [0.15, 0.2) is 65.8 Å². The molecular weight excluding hydrogens is 544 g/mol. The molecule has 3 saturated carbocycles. The number of fused-ring (bicyclic) bond motifs is 1. The van der Waals surface area contributed by atoms with Crippen LogP contribution in [0.25, 0.3) is 0 Å². The van der Waals surface area contributed by atoms with Crippen molar-refractivity contribution < 1.29 is 19.4 Å². The van der Waals surface area contributed by atoms with Gasteiger partial charge in [-0.3, -0.25) is 20.2 Å². The van der Waals surface area contributed by atoms with Crippen LogP contribution in [0.2, 0.25) is 0 Å². The van der Waals surface area contributed by atoms with Gasteiger partial charge < -0.3 is 4.74 Å². The van der Waals surface area contributed by atoms with Gasteiger partial charge in [-0.15, -0.1) is 0 Å². The molecule has 0 aliphatic heterocycles. The summed E-state index contributed by atoms with van der Waals surface area (Å²) in [6, 6.07) is 2.88. The van der Waals surface area contributed by atoms with Gasteiger partial charge in [0.25, 0.3) is 11.4 Å². The van der Waals surface area contributed by atoms with Gasteiger partial charge >= 0.3 is 5.97 Å². The van der Waals surface area contributed by atoms with Gasteiger partial charge in [-0.1, -0.05) is 76.6 Å². The van der Waals surface area contributed by atoms with Gasteiger partial charge in [-0.2, -0.15) is 0 Å². The molecule has 3 aliphatic rings. The molecule has 3 aliphatic carbocycles. The minimum absolute atomic E-state index is 0.196. The minimum Gasteiger partial charge on any atom is -0.458 e. The number of rotatable bonds is 9. The Labute approximate surface area is 255 Å². The van der Waals surface area contributed by atoms with E-state index >= 15 is 0 Å². The van der Waals surface area contributed by atoms with Gasteiger partial charge in [0.1, 0.15) is 6.10 Å².